The summed E-state index contributed by atoms with van der Waals surface area (Å²) in [6, 6.07) is 0. The topological polar surface area (TPSA) is 36.4 Å². The van der Waals surface area contributed by atoms with E-state index in [1.807, 2.05) is 0 Å². The first kappa shape index (κ1) is 13.7. The van der Waals surface area contributed by atoms with Crippen LogP contribution in [0.3, 0.4) is 0 Å². The van der Waals surface area contributed by atoms with E-state index in [1.165, 1.54) is 12.2 Å². The molecule has 1 atom stereocenters. The number of aliphatic hydroxyl groups is 1. The average molecular weight is 298 g/mol. The van der Waals surface area contributed by atoms with Crippen molar-refractivity contribution in [2.45, 2.75) is 50.4 Å². The summed E-state index contributed by atoms with van der Waals surface area (Å²) in [6.07, 6.45) is 3.94. The maximum absolute atomic E-state index is 10.1. The van der Waals surface area contributed by atoms with Gasteiger partial charge in [0.2, 0.25) is 0 Å². The van der Waals surface area contributed by atoms with Gasteiger partial charge in [0.15, 0.2) is 5.13 Å². The third kappa shape index (κ3) is 2.93. The Morgan fingerprint density at radius 3 is 3.00 bits per heavy atom. The number of aromatic nitrogens is 1. The van der Waals surface area contributed by atoms with Crippen molar-refractivity contribution in [3.05, 3.63) is 10.6 Å². The molecule has 0 radical (unpaired) electrons. The smallest absolute Gasteiger partial charge is 0.185 e. The van der Waals surface area contributed by atoms with Crippen LogP contribution in [0.15, 0.2) is 0 Å². The minimum absolute atomic E-state index is 0.271. The van der Waals surface area contributed by atoms with Gasteiger partial charge in [0.1, 0.15) is 0 Å². The highest BCUT2D eigenvalue weighted by Crippen LogP contribution is 2.39. The highest BCUT2D eigenvalue weighted by atomic mass is 32.2. The van der Waals surface area contributed by atoms with Crippen molar-refractivity contribution in [2.24, 2.45) is 0 Å². The van der Waals surface area contributed by atoms with Gasteiger partial charge in [0, 0.05) is 23.6 Å². The van der Waals surface area contributed by atoms with Gasteiger partial charge < -0.3 is 10.0 Å². The molecular formula is C14H22N2OS2. The Hall–Kier alpha value is -0.260. The maximum atomic E-state index is 10.1. The number of rotatable bonds is 1. The summed E-state index contributed by atoms with van der Waals surface area (Å²) in [6.45, 7) is 6.83. The lowest BCUT2D eigenvalue weighted by atomic mass is 10.0. The molecular weight excluding hydrogens is 276 g/mol. The standard InChI is InChI=1S/C14H22N2OS2/c1-14(2)6-7-16(8-9-18-14)13-15-10-4-3-5-11(17)12(10)19-13/h11,17H,3-9H2,1-2H3. The van der Waals surface area contributed by atoms with Crippen LogP contribution < -0.4 is 4.90 Å². The maximum Gasteiger partial charge on any atom is 0.185 e. The number of hydrogen-bond donors (Lipinski definition) is 1. The minimum atomic E-state index is -0.271. The fourth-order valence-electron chi connectivity index (χ4n) is 2.73. The van der Waals surface area contributed by atoms with Gasteiger partial charge in [-0.1, -0.05) is 25.2 Å². The van der Waals surface area contributed by atoms with E-state index >= 15 is 0 Å². The van der Waals surface area contributed by atoms with Crippen molar-refractivity contribution in [1.29, 1.82) is 0 Å². The molecule has 1 aliphatic carbocycles. The van der Waals surface area contributed by atoms with E-state index in [-0.39, 0.29) is 6.10 Å². The number of aliphatic hydroxyl groups excluding tert-OH is 1. The molecule has 1 unspecified atom stereocenters. The molecule has 0 aromatic carbocycles. The van der Waals surface area contributed by atoms with E-state index in [0.717, 1.165) is 48.1 Å². The van der Waals surface area contributed by atoms with Crippen LogP contribution in [0.25, 0.3) is 0 Å². The Morgan fingerprint density at radius 1 is 1.37 bits per heavy atom. The highest BCUT2D eigenvalue weighted by molar-refractivity contribution is 8.00. The number of hydrogen-bond acceptors (Lipinski definition) is 5. The number of nitrogens with zero attached hydrogens (tertiary/aromatic N) is 2. The SMILES string of the molecule is CC1(C)CCN(c2nc3c(s2)C(O)CCC3)CCS1. The monoisotopic (exact) mass is 298 g/mol. The molecule has 0 amide bonds. The third-order valence-corrected chi connectivity index (χ3v) is 6.65. The van der Waals surface area contributed by atoms with Crippen LogP contribution in [0, 0.1) is 0 Å². The second-order valence-electron chi connectivity index (χ2n) is 6.06. The number of aryl methyl sites for hydroxylation is 1. The number of fused-ring (bicyclic) bond motifs is 1. The molecule has 2 aliphatic rings. The van der Waals surface area contributed by atoms with Crippen molar-refractivity contribution in [3.63, 3.8) is 0 Å². The zero-order valence-corrected chi connectivity index (χ0v) is 13.3. The van der Waals surface area contributed by atoms with Crippen molar-refractivity contribution in [1.82, 2.24) is 4.98 Å². The lowest BCUT2D eigenvalue weighted by Gasteiger charge is -2.22. The average Bonchev–Trinajstić information content (AvgIpc) is 2.70. The number of thiazole rings is 1. The molecule has 19 heavy (non-hydrogen) atoms. The van der Waals surface area contributed by atoms with Crippen LogP contribution in [0.1, 0.15) is 49.8 Å². The van der Waals surface area contributed by atoms with Gasteiger partial charge in [-0.25, -0.2) is 4.98 Å². The first-order chi connectivity index (χ1) is 9.05. The summed E-state index contributed by atoms with van der Waals surface area (Å²) in [7, 11) is 0. The van der Waals surface area contributed by atoms with Gasteiger partial charge in [0.25, 0.3) is 0 Å². The molecule has 0 saturated carbocycles. The molecule has 1 N–H and O–H groups in total. The highest BCUT2D eigenvalue weighted by Gasteiger charge is 2.28. The van der Waals surface area contributed by atoms with E-state index in [0.29, 0.717) is 4.75 Å². The van der Waals surface area contributed by atoms with Crippen molar-refractivity contribution in [3.8, 4) is 0 Å². The molecule has 1 saturated heterocycles. The first-order valence-corrected chi connectivity index (χ1v) is 8.92. The van der Waals surface area contributed by atoms with Crippen LogP contribution >= 0.6 is 23.1 Å². The van der Waals surface area contributed by atoms with Crippen LogP contribution in [-0.4, -0.2) is 33.7 Å². The molecule has 3 nitrogen and oxygen atoms in total. The lowest BCUT2D eigenvalue weighted by Crippen LogP contribution is -2.26. The molecule has 1 aliphatic heterocycles. The predicted octanol–water partition coefficient (Wildman–Crippen LogP) is 3.23. The fraction of sp³-hybridized carbons (Fsp3) is 0.786. The molecule has 0 spiro atoms. The quantitative estimate of drug-likeness (QED) is 0.863. The fourth-order valence-corrected chi connectivity index (χ4v) is 5.01. The predicted molar refractivity (Wildman–Crippen MR) is 83.4 cm³/mol. The largest absolute Gasteiger partial charge is 0.388 e. The summed E-state index contributed by atoms with van der Waals surface area (Å²) in [5.74, 6) is 1.17. The van der Waals surface area contributed by atoms with Gasteiger partial charge >= 0.3 is 0 Å². The Morgan fingerprint density at radius 2 is 2.21 bits per heavy atom. The molecule has 3 rings (SSSR count). The molecule has 0 bridgehead atoms. The minimum Gasteiger partial charge on any atom is -0.388 e. The molecule has 5 heteroatoms. The Kier molecular flexibility index (Phi) is 3.80. The Balaban J connectivity index is 1.79. The molecule has 1 aromatic heterocycles. The Labute approximate surface area is 123 Å². The number of thioether (sulfide) groups is 1. The summed E-state index contributed by atoms with van der Waals surface area (Å²) in [4.78, 5) is 8.33. The van der Waals surface area contributed by atoms with Crippen LogP contribution in [0.2, 0.25) is 0 Å². The second-order valence-corrected chi connectivity index (χ2v) is 8.87. The third-order valence-electron chi connectivity index (χ3n) is 4.02. The summed E-state index contributed by atoms with van der Waals surface area (Å²) in [5.41, 5.74) is 1.15. The van der Waals surface area contributed by atoms with E-state index in [1.54, 1.807) is 11.3 Å². The van der Waals surface area contributed by atoms with E-state index in [4.69, 9.17) is 4.98 Å². The van der Waals surface area contributed by atoms with Gasteiger partial charge in [0.05, 0.1) is 16.7 Å². The second kappa shape index (κ2) is 5.26. The Bertz CT molecular complexity index is 458. The van der Waals surface area contributed by atoms with Crippen LogP contribution in [0.5, 0.6) is 0 Å². The van der Waals surface area contributed by atoms with Crippen molar-refractivity contribution < 1.29 is 5.11 Å². The van der Waals surface area contributed by atoms with Gasteiger partial charge in [-0.3, -0.25) is 0 Å². The molecule has 1 aromatic rings. The summed E-state index contributed by atoms with van der Waals surface area (Å²) >= 11 is 3.78. The molecule has 106 valence electrons. The zero-order chi connectivity index (χ0) is 13.5. The van der Waals surface area contributed by atoms with Gasteiger partial charge in [-0.05, 0) is 25.7 Å². The van der Waals surface area contributed by atoms with Gasteiger partial charge in [-0.2, -0.15) is 11.8 Å². The van der Waals surface area contributed by atoms with Crippen molar-refractivity contribution in [2.75, 3.05) is 23.7 Å². The molecule has 1 fully saturated rings. The van der Waals surface area contributed by atoms with Crippen LogP contribution in [-0.2, 0) is 6.42 Å². The lowest BCUT2D eigenvalue weighted by molar-refractivity contribution is 0.160. The summed E-state index contributed by atoms with van der Waals surface area (Å²) in [5, 5.41) is 11.2. The zero-order valence-electron chi connectivity index (χ0n) is 11.7. The van der Waals surface area contributed by atoms with E-state index in [9.17, 15) is 5.11 Å². The normalized spacial score (nSPS) is 26.9. The van der Waals surface area contributed by atoms with Gasteiger partial charge in [-0.15, -0.1) is 0 Å². The first-order valence-electron chi connectivity index (χ1n) is 7.12. The van der Waals surface area contributed by atoms with E-state index in [2.05, 4.69) is 30.5 Å². The van der Waals surface area contributed by atoms with E-state index < -0.39 is 0 Å². The number of anilines is 1. The molecule has 2 heterocycles. The summed E-state index contributed by atoms with van der Waals surface area (Å²) < 4.78 is 0.380. The van der Waals surface area contributed by atoms with Crippen LogP contribution in [0.4, 0.5) is 5.13 Å². The van der Waals surface area contributed by atoms with Crippen molar-refractivity contribution >= 4 is 28.2 Å².